The van der Waals surface area contributed by atoms with Gasteiger partial charge in [0.25, 0.3) is 5.22 Å². The van der Waals surface area contributed by atoms with E-state index in [4.69, 9.17) is 8.94 Å². The number of aromatic nitrogens is 4. The van der Waals surface area contributed by atoms with E-state index in [1.54, 1.807) is 0 Å². The Morgan fingerprint density at radius 3 is 2.27 bits per heavy atom. The van der Waals surface area contributed by atoms with Gasteiger partial charge in [-0.3, -0.25) is 0 Å². The number of hydrogen-bond donors (Lipinski definition) is 0. The van der Waals surface area contributed by atoms with Gasteiger partial charge in [0.2, 0.25) is 11.8 Å². The summed E-state index contributed by atoms with van der Waals surface area (Å²) in [5.41, 5.74) is 2.29. The summed E-state index contributed by atoms with van der Waals surface area (Å²) in [5.74, 6) is 2.01. The number of hydrogen-bond acceptors (Lipinski definition) is 7. The predicted molar refractivity (Wildman–Crippen MR) is 101 cm³/mol. The molecule has 0 aliphatic heterocycles. The van der Waals surface area contributed by atoms with Gasteiger partial charge >= 0.3 is 0 Å². The molecule has 1 aromatic carbocycles. The first-order valence-corrected chi connectivity index (χ1v) is 9.56. The molecule has 26 heavy (non-hydrogen) atoms. The SMILES string of the molecule is CC(C)c1noc([C@@H](C)Sc2nnc(-c3ccc(C(C)(C)C)cc3)o2)n1. The summed E-state index contributed by atoms with van der Waals surface area (Å²) >= 11 is 1.41. The molecule has 138 valence electrons. The molecule has 1 atom stereocenters. The highest BCUT2D eigenvalue weighted by Gasteiger charge is 2.20. The summed E-state index contributed by atoms with van der Waals surface area (Å²) in [5, 5.41) is 12.7. The van der Waals surface area contributed by atoms with Crippen LogP contribution in [0.5, 0.6) is 0 Å². The highest BCUT2D eigenvalue weighted by atomic mass is 32.2. The van der Waals surface area contributed by atoms with Gasteiger partial charge < -0.3 is 8.94 Å². The van der Waals surface area contributed by atoms with Crippen molar-refractivity contribution in [3.8, 4) is 11.5 Å². The normalized spacial score (nSPS) is 13.3. The lowest BCUT2D eigenvalue weighted by Crippen LogP contribution is -2.10. The lowest BCUT2D eigenvalue weighted by atomic mass is 9.87. The third kappa shape index (κ3) is 4.15. The van der Waals surface area contributed by atoms with Crippen LogP contribution in [-0.4, -0.2) is 20.3 Å². The zero-order valence-corrected chi connectivity index (χ0v) is 16.8. The maximum Gasteiger partial charge on any atom is 0.277 e. The van der Waals surface area contributed by atoms with Gasteiger partial charge in [0.05, 0.1) is 5.25 Å². The highest BCUT2D eigenvalue weighted by Crippen LogP contribution is 2.35. The Kier molecular flexibility index (Phi) is 5.18. The van der Waals surface area contributed by atoms with Crippen LogP contribution >= 0.6 is 11.8 Å². The molecule has 3 aromatic rings. The minimum absolute atomic E-state index is 0.0634. The van der Waals surface area contributed by atoms with E-state index in [0.717, 1.165) is 5.56 Å². The first-order chi connectivity index (χ1) is 12.2. The summed E-state index contributed by atoms with van der Waals surface area (Å²) in [6.07, 6.45) is 0. The smallest absolute Gasteiger partial charge is 0.277 e. The minimum atomic E-state index is -0.0634. The molecule has 2 heterocycles. The predicted octanol–water partition coefficient (Wildman–Crippen LogP) is 5.39. The van der Waals surface area contributed by atoms with Crippen LogP contribution in [0, 0.1) is 0 Å². The minimum Gasteiger partial charge on any atom is -0.411 e. The molecule has 0 unspecified atom stereocenters. The average molecular weight is 372 g/mol. The van der Waals surface area contributed by atoms with Crippen LogP contribution in [0.4, 0.5) is 0 Å². The van der Waals surface area contributed by atoms with Gasteiger partial charge in [0, 0.05) is 11.5 Å². The summed E-state index contributed by atoms with van der Waals surface area (Å²) in [4.78, 5) is 4.42. The second-order valence-corrected chi connectivity index (χ2v) is 8.90. The molecular weight excluding hydrogens is 348 g/mol. The fourth-order valence-corrected chi connectivity index (χ4v) is 3.05. The molecule has 0 amide bonds. The van der Waals surface area contributed by atoms with Crippen molar-refractivity contribution in [2.75, 3.05) is 0 Å². The maximum absolute atomic E-state index is 5.79. The Balaban J connectivity index is 1.71. The Labute approximate surface area is 157 Å². The van der Waals surface area contributed by atoms with Crippen molar-refractivity contribution in [1.82, 2.24) is 20.3 Å². The van der Waals surface area contributed by atoms with Crippen LogP contribution in [0.2, 0.25) is 0 Å². The van der Waals surface area contributed by atoms with E-state index in [-0.39, 0.29) is 16.6 Å². The molecule has 0 spiro atoms. The summed E-state index contributed by atoms with van der Waals surface area (Å²) in [7, 11) is 0. The van der Waals surface area contributed by atoms with Gasteiger partial charge in [-0.1, -0.05) is 63.7 Å². The monoisotopic (exact) mass is 372 g/mol. The average Bonchev–Trinajstić information content (AvgIpc) is 3.23. The molecule has 0 bridgehead atoms. The number of benzene rings is 1. The zero-order valence-electron chi connectivity index (χ0n) is 16.0. The van der Waals surface area contributed by atoms with Gasteiger partial charge in [0.1, 0.15) is 0 Å². The second-order valence-electron chi connectivity index (χ2n) is 7.61. The topological polar surface area (TPSA) is 77.8 Å². The molecule has 7 heteroatoms. The van der Waals surface area contributed by atoms with E-state index >= 15 is 0 Å². The van der Waals surface area contributed by atoms with Crippen molar-refractivity contribution >= 4 is 11.8 Å². The van der Waals surface area contributed by atoms with Crippen LogP contribution < -0.4 is 0 Å². The number of rotatable bonds is 5. The van der Waals surface area contributed by atoms with Crippen molar-refractivity contribution in [3.63, 3.8) is 0 Å². The van der Waals surface area contributed by atoms with E-state index in [1.807, 2.05) is 32.9 Å². The zero-order chi connectivity index (χ0) is 18.9. The third-order valence-electron chi connectivity index (χ3n) is 4.00. The molecule has 0 fully saturated rings. The van der Waals surface area contributed by atoms with Crippen LogP contribution in [0.1, 0.15) is 70.0 Å². The first-order valence-electron chi connectivity index (χ1n) is 8.68. The standard InChI is InChI=1S/C19H24N4O2S/c1-11(2)15-20-16(25-23-15)12(3)26-18-22-21-17(24-18)13-7-9-14(10-8-13)19(4,5)6/h7-12H,1-6H3/t12-/m1/s1. The van der Waals surface area contributed by atoms with Crippen molar-refractivity contribution in [2.24, 2.45) is 0 Å². The van der Waals surface area contributed by atoms with E-state index in [2.05, 4.69) is 53.2 Å². The lowest BCUT2D eigenvalue weighted by molar-refractivity contribution is 0.372. The van der Waals surface area contributed by atoms with Crippen molar-refractivity contribution in [1.29, 1.82) is 0 Å². The molecule has 0 saturated carbocycles. The van der Waals surface area contributed by atoms with Gasteiger partial charge in [-0.25, -0.2) is 0 Å². The van der Waals surface area contributed by atoms with Crippen LogP contribution in [0.3, 0.4) is 0 Å². The number of nitrogens with zero attached hydrogens (tertiary/aromatic N) is 4. The molecule has 0 radical (unpaired) electrons. The lowest BCUT2D eigenvalue weighted by Gasteiger charge is -2.18. The Morgan fingerprint density at radius 1 is 1.00 bits per heavy atom. The van der Waals surface area contributed by atoms with Gasteiger partial charge in [-0.05, 0) is 30.0 Å². The Hall–Kier alpha value is -2.15. The van der Waals surface area contributed by atoms with Crippen molar-refractivity contribution in [2.45, 2.75) is 63.3 Å². The third-order valence-corrected chi connectivity index (χ3v) is 4.93. The quantitative estimate of drug-likeness (QED) is 0.555. The van der Waals surface area contributed by atoms with E-state index in [9.17, 15) is 0 Å². The first kappa shape index (κ1) is 18.6. The second kappa shape index (κ2) is 7.23. The maximum atomic E-state index is 5.79. The largest absolute Gasteiger partial charge is 0.411 e. The Morgan fingerprint density at radius 2 is 1.69 bits per heavy atom. The van der Waals surface area contributed by atoms with E-state index in [1.165, 1.54) is 17.3 Å². The van der Waals surface area contributed by atoms with E-state index < -0.39 is 0 Å². The molecule has 0 saturated heterocycles. The van der Waals surface area contributed by atoms with Gasteiger partial charge in [0.15, 0.2) is 5.82 Å². The summed E-state index contributed by atoms with van der Waals surface area (Å²) in [6, 6.07) is 8.22. The van der Waals surface area contributed by atoms with Crippen LogP contribution in [0.25, 0.3) is 11.5 Å². The number of thioether (sulfide) groups is 1. The summed E-state index contributed by atoms with van der Waals surface area (Å²) in [6.45, 7) is 12.6. The fourth-order valence-electron chi connectivity index (χ4n) is 2.34. The molecule has 6 nitrogen and oxygen atoms in total. The van der Waals surface area contributed by atoms with Crippen LogP contribution in [-0.2, 0) is 5.41 Å². The van der Waals surface area contributed by atoms with Gasteiger partial charge in [-0.2, -0.15) is 4.98 Å². The molecule has 0 aliphatic carbocycles. The highest BCUT2D eigenvalue weighted by molar-refractivity contribution is 7.99. The molecule has 0 N–H and O–H groups in total. The summed E-state index contributed by atoms with van der Waals surface area (Å²) < 4.78 is 11.1. The van der Waals surface area contributed by atoms with E-state index in [0.29, 0.717) is 22.8 Å². The van der Waals surface area contributed by atoms with Crippen molar-refractivity contribution < 1.29 is 8.94 Å². The molecular formula is C19H24N4O2S. The molecule has 2 aromatic heterocycles. The van der Waals surface area contributed by atoms with Crippen LogP contribution in [0.15, 0.2) is 38.4 Å². The molecule has 3 rings (SSSR count). The van der Waals surface area contributed by atoms with Gasteiger partial charge in [-0.15, -0.1) is 10.2 Å². The fraction of sp³-hybridized carbons (Fsp3) is 0.474. The Bertz CT molecular complexity index is 862. The molecule has 0 aliphatic rings. The van der Waals surface area contributed by atoms with Crippen molar-refractivity contribution in [3.05, 3.63) is 41.5 Å².